The first kappa shape index (κ1) is 12.0. The van der Waals surface area contributed by atoms with E-state index in [9.17, 15) is 5.11 Å². The summed E-state index contributed by atoms with van der Waals surface area (Å²) in [5.74, 6) is 0.172. The van der Waals surface area contributed by atoms with E-state index in [4.69, 9.17) is 11.6 Å². The van der Waals surface area contributed by atoms with Crippen molar-refractivity contribution in [2.75, 3.05) is 0 Å². The van der Waals surface area contributed by atoms with Gasteiger partial charge in [0.2, 0.25) is 0 Å². The maximum atomic E-state index is 10.0. The van der Waals surface area contributed by atoms with E-state index in [0.717, 1.165) is 17.5 Å². The third-order valence-electron chi connectivity index (χ3n) is 3.01. The fraction of sp³-hybridized carbons (Fsp3) is 0.143. The number of hydrogen-bond acceptors (Lipinski definition) is 3. The third-order valence-corrected chi connectivity index (χ3v) is 3.24. The highest BCUT2D eigenvalue weighted by Crippen LogP contribution is 2.24. The second kappa shape index (κ2) is 4.55. The number of aromatic nitrogens is 3. The molecule has 0 spiro atoms. The van der Waals surface area contributed by atoms with Gasteiger partial charge >= 0.3 is 0 Å². The van der Waals surface area contributed by atoms with Gasteiger partial charge in [-0.25, -0.2) is 0 Å². The largest absolute Gasteiger partial charge is 0.506 e. The van der Waals surface area contributed by atoms with Crippen LogP contribution in [-0.4, -0.2) is 20.1 Å². The Kier molecular flexibility index (Phi) is 2.87. The van der Waals surface area contributed by atoms with Gasteiger partial charge in [-0.2, -0.15) is 0 Å². The van der Waals surface area contributed by atoms with Crippen LogP contribution in [0.25, 0.3) is 16.7 Å². The summed E-state index contributed by atoms with van der Waals surface area (Å²) in [7, 11) is 0. The van der Waals surface area contributed by atoms with E-state index >= 15 is 0 Å². The van der Waals surface area contributed by atoms with Gasteiger partial charge in [-0.1, -0.05) is 24.6 Å². The summed E-state index contributed by atoms with van der Waals surface area (Å²) in [6.45, 7) is 2.04. The Morgan fingerprint density at radius 1 is 1.11 bits per heavy atom. The lowest BCUT2D eigenvalue weighted by Gasteiger charge is -2.04. The molecule has 0 aliphatic rings. The van der Waals surface area contributed by atoms with Gasteiger partial charge in [0.25, 0.3) is 0 Å². The Morgan fingerprint density at radius 2 is 1.89 bits per heavy atom. The standard InChI is InChI=1S/C14H12ClN3O/c1-2-9-3-6-13(14(19)7-9)18-16-11-5-4-10(15)8-12(11)17-18/h3-8,19H,2H2,1H3. The Hall–Kier alpha value is -2.07. The smallest absolute Gasteiger partial charge is 0.143 e. The molecule has 1 heterocycles. The lowest BCUT2D eigenvalue weighted by molar-refractivity contribution is 0.467. The Bertz CT molecular complexity index is 752. The highest BCUT2D eigenvalue weighted by molar-refractivity contribution is 6.31. The van der Waals surface area contributed by atoms with Crippen molar-refractivity contribution in [1.29, 1.82) is 0 Å². The number of benzene rings is 2. The average Bonchev–Trinajstić information content (AvgIpc) is 2.81. The minimum Gasteiger partial charge on any atom is -0.506 e. The molecule has 3 rings (SSSR count). The van der Waals surface area contributed by atoms with Crippen LogP contribution >= 0.6 is 11.6 Å². The number of halogens is 1. The van der Waals surface area contributed by atoms with Crippen molar-refractivity contribution in [3.63, 3.8) is 0 Å². The number of aryl methyl sites for hydroxylation is 1. The third kappa shape index (κ3) is 2.15. The minimum atomic E-state index is 0.172. The lowest BCUT2D eigenvalue weighted by Crippen LogP contribution is -1.99. The monoisotopic (exact) mass is 273 g/mol. The van der Waals surface area contributed by atoms with E-state index in [-0.39, 0.29) is 5.75 Å². The molecule has 96 valence electrons. The molecule has 0 atom stereocenters. The van der Waals surface area contributed by atoms with Crippen molar-refractivity contribution in [1.82, 2.24) is 15.0 Å². The summed E-state index contributed by atoms with van der Waals surface area (Å²) in [5, 5.41) is 19.3. The topological polar surface area (TPSA) is 50.9 Å². The highest BCUT2D eigenvalue weighted by atomic mass is 35.5. The second-order valence-corrected chi connectivity index (χ2v) is 4.74. The molecule has 5 heteroatoms. The molecule has 0 unspecified atom stereocenters. The normalized spacial score (nSPS) is 11.1. The Labute approximate surface area is 115 Å². The SMILES string of the molecule is CCc1ccc(-n2nc3ccc(Cl)cc3n2)c(O)c1. The highest BCUT2D eigenvalue weighted by Gasteiger charge is 2.09. The number of aromatic hydroxyl groups is 1. The number of nitrogens with zero attached hydrogens (tertiary/aromatic N) is 3. The number of fused-ring (bicyclic) bond motifs is 1. The van der Waals surface area contributed by atoms with Crippen LogP contribution in [0.3, 0.4) is 0 Å². The Balaban J connectivity index is 2.13. The zero-order valence-corrected chi connectivity index (χ0v) is 11.1. The molecule has 2 aromatic carbocycles. The molecule has 19 heavy (non-hydrogen) atoms. The summed E-state index contributed by atoms with van der Waals surface area (Å²) < 4.78 is 0. The quantitative estimate of drug-likeness (QED) is 0.779. The van der Waals surface area contributed by atoms with Gasteiger partial charge in [0.15, 0.2) is 0 Å². The number of rotatable bonds is 2. The van der Waals surface area contributed by atoms with Gasteiger partial charge in [0, 0.05) is 5.02 Å². The van der Waals surface area contributed by atoms with Gasteiger partial charge in [-0.3, -0.25) is 0 Å². The fourth-order valence-electron chi connectivity index (χ4n) is 1.95. The molecule has 1 N–H and O–H groups in total. The number of phenols is 1. The lowest BCUT2D eigenvalue weighted by atomic mass is 10.1. The molecule has 0 saturated heterocycles. The summed E-state index contributed by atoms with van der Waals surface area (Å²) >= 11 is 5.92. The van der Waals surface area contributed by atoms with Gasteiger partial charge in [-0.05, 0) is 42.3 Å². The van der Waals surface area contributed by atoms with Gasteiger partial charge in [0.05, 0.1) is 0 Å². The molecule has 1 aromatic heterocycles. The zero-order valence-electron chi connectivity index (χ0n) is 10.3. The van der Waals surface area contributed by atoms with E-state index in [1.54, 1.807) is 24.3 Å². The van der Waals surface area contributed by atoms with E-state index < -0.39 is 0 Å². The maximum absolute atomic E-state index is 10.0. The van der Waals surface area contributed by atoms with Crippen LogP contribution in [0.4, 0.5) is 0 Å². The van der Waals surface area contributed by atoms with Crippen LogP contribution in [0.5, 0.6) is 5.75 Å². The first-order valence-corrected chi connectivity index (χ1v) is 6.40. The molecular formula is C14H12ClN3O. The van der Waals surface area contributed by atoms with Crippen LogP contribution in [-0.2, 0) is 6.42 Å². The molecule has 0 aliphatic carbocycles. The Morgan fingerprint density at radius 3 is 2.63 bits per heavy atom. The predicted molar refractivity (Wildman–Crippen MR) is 74.9 cm³/mol. The maximum Gasteiger partial charge on any atom is 0.143 e. The first-order chi connectivity index (χ1) is 9.17. The molecule has 0 saturated carbocycles. The molecule has 0 radical (unpaired) electrons. The van der Waals surface area contributed by atoms with E-state index in [1.165, 1.54) is 4.80 Å². The van der Waals surface area contributed by atoms with Crippen LogP contribution < -0.4 is 0 Å². The molecule has 0 fully saturated rings. The van der Waals surface area contributed by atoms with E-state index in [1.807, 2.05) is 19.1 Å². The van der Waals surface area contributed by atoms with Gasteiger partial charge in [0.1, 0.15) is 22.5 Å². The van der Waals surface area contributed by atoms with E-state index in [0.29, 0.717) is 16.2 Å². The zero-order chi connectivity index (χ0) is 13.4. The molecule has 3 aromatic rings. The first-order valence-electron chi connectivity index (χ1n) is 6.02. The summed E-state index contributed by atoms with van der Waals surface area (Å²) in [6.07, 6.45) is 0.873. The van der Waals surface area contributed by atoms with Gasteiger partial charge in [-0.15, -0.1) is 15.0 Å². The van der Waals surface area contributed by atoms with Crippen molar-refractivity contribution in [2.24, 2.45) is 0 Å². The predicted octanol–water partition coefficient (Wildman–Crippen LogP) is 3.34. The fourth-order valence-corrected chi connectivity index (χ4v) is 2.12. The van der Waals surface area contributed by atoms with Crippen molar-refractivity contribution in [3.8, 4) is 11.4 Å². The van der Waals surface area contributed by atoms with Crippen LogP contribution in [0, 0.1) is 0 Å². The summed E-state index contributed by atoms with van der Waals surface area (Å²) in [4.78, 5) is 1.43. The van der Waals surface area contributed by atoms with Crippen molar-refractivity contribution in [3.05, 3.63) is 47.0 Å². The number of phenolic OH excluding ortho intramolecular Hbond substituents is 1. The van der Waals surface area contributed by atoms with Crippen molar-refractivity contribution in [2.45, 2.75) is 13.3 Å². The molecule has 4 nitrogen and oxygen atoms in total. The number of hydrogen-bond donors (Lipinski definition) is 1. The molecule has 0 aliphatic heterocycles. The summed E-state index contributed by atoms with van der Waals surface area (Å²) in [5.41, 5.74) is 3.07. The van der Waals surface area contributed by atoms with Crippen molar-refractivity contribution < 1.29 is 5.11 Å². The second-order valence-electron chi connectivity index (χ2n) is 4.30. The van der Waals surface area contributed by atoms with E-state index in [2.05, 4.69) is 10.2 Å². The minimum absolute atomic E-state index is 0.172. The summed E-state index contributed by atoms with van der Waals surface area (Å²) in [6, 6.07) is 10.8. The molecule has 0 bridgehead atoms. The molecular weight excluding hydrogens is 262 g/mol. The van der Waals surface area contributed by atoms with Crippen LogP contribution in [0.2, 0.25) is 5.02 Å². The van der Waals surface area contributed by atoms with Crippen molar-refractivity contribution >= 4 is 22.6 Å². The van der Waals surface area contributed by atoms with Crippen LogP contribution in [0.1, 0.15) is 12.5 Å². The molecule has 0 amide bonds. The average molecular weight is 274 g/mol. The van der Waals surface area contributed by atoms with Gasteiger partial charge < -0.3 is 5.11 Å². The van der Waals surface area contributed by atoms with Crippen LogP contribution in [0.15, 0.2) is 36.4 Å².